The van der Waals surface area contributed by atoms with Crippen molar-refractivity contribution >= 4 is 21.9 Å². The first-order valence-corrected chi connectivity index (χ1v) is 6.18. The fourth-order valence-electron chi connectivity index (χ4n) is 1.53. The SMILES string of the molecule is CCOC(=O)c1c(-c2ccc(Br)nc2)noc1C. The number of rotatable bonds is 3. The minimum absolute atomic E-state index is 0.307. The Balaban J connectivity index is 2.45. The summed E-state index contributed by atoms with van der Waals surface area (Å²) in [6.45, 7) is 3.73. The second-order valence-electron chi connectivity index (χ2n) is 3.55. The Bertz CT molecular complexity index is 563. The monoisotopic (exact) mass is 310 g/mol. The quantitative estimate of drug-likeness (QED) is 0.644. The molecule has 0 saturated carbocycles. The predicted octanol–water partition coefficient (Wildman–Crippen LogP) is 2.98. The van der Waals surface area contributed by atoms with Crippen molar-refractivity contribution in [2.45, 2.75) is 13.8 Å². The molecule has 5 nitrogen and oxygen atoms in total. The second-order valence-corrected chi connectivity index (χ2v) is 4.36. The molecule has 0 aliphatic rings. The van der Waals surface area contributed by atoms with E-state index in [4.69, 9.17) is 9.26 Å². The van der Waals surface area contributed by atoms with Gasteiger partial charge in [0.25, 0.3) is 0 Å². The minimum atomic E-state index is -0.436. The summed E-state index contributed by atoms with van der Waals surface area (Å²) in [6.07, 6.45) is 1.62. The van der Waals surface area contributed by atoms with Gasteiger partial charge in [-0.05, 0) is 41.9 Å². The summed E-state index contributed by atoms with van der Waals surface area (Å²) < 4.78 is 10.8. The van der Waals surface area contributed by atoms with E-state index in [1.807, 2.05) is 0 Å². The van der Waals surface area contributed by atoms with Crippen LogP contribution < -0.4 is 0 Å². The summed E-state index contributed by atoms with van der Waals surface area (Å²) in [5, 5.41) is 3.89. The van der Waals surface area contributed by atoms with Crippen LogP contribution in [0.3, 0.4) is 0 Å². The molecule has 0 spiro atoms. The number of hydrogen-bond donors (Lipinski definition) is 0. The first-order chi connectivity index (χ1) is 8.63. The van der Waals surface area contributed by atoms with Gasteiger partial charge in [0.15, 0.2) is 0 Å². The largest absolute Gasteiger partial charge is 0.462 e. The van der Waals surface area contributed by atoms with Crippen LogP contribution in [0.15, 0.2) is 27.5 Å². The summed E-state index contributed by atoms with van der Waals surface area (Å²) in [5.41, 5.74) is 1.50. The maximum atomic E-state index is 11.8. The summed E-state index contributed by atoms with van der Waals surface area (Å²) >= 11 is 3.25. The maximum absolute atomic E-state index is 11.8. The Morgan fingerprint density at radius 1 is 1.50 bits per heavy atom. The highest BCUT2D eigenvalue weighted by atomic mass is 79.9. The number of carbonyl (C=O) groups excluding carboxylic acids is 1. The third-order valence-corrected chi connectivity index (χ3v) is 2.81. The van der Waals surface area contributed by atoms with Gasteiger partial charge in [-0.1, -0.05) is 5.16 Å². The summed E-state index contributed by atoms with van der Waals surface area (Å²) in [5.74, 6) is 0.000498. The Morgan fingerprint density at radius 2 is 2.28 bits per heavy atom. The van der Waals surface area contributed by atoms with E-state index in [-0.39, 0.29) is 0 Å². The Kier molecular flexibility index (Phi) is 3.76. The van der Waals surface area contributed by atoms with Crippen molar-refractivity contribution in [1.29, 1.82) is 0 Å². The van der Waals surface area contributed by atoms with E-state index in [1.165, 1.54) is 0 Å². The number of aryl methyl sites for hydroxylation is 1. The smallest absolute Gasteiger partial charge is 0.344 e. The minimum Gasteiger partial charge on any atom is -0.462 e. The van der Waals surface area contributed by atoms with E-state index < -0.39 is 5.97 Å². The molecule has 18 heavy (non-hydrogen) atoms. The molecule has 0 N–H and O–H groups in total. The number of nitrogens with zero attached hydrogens (tertiary/aromatic N) is 2. The van der Waals surface area contributed by atoms with E-state index in [0.717, 1.165) is 0 Å². The van der Waals surface area contributed by atoms with Gasteiger partial charge in [-0.3, -0.25) is 0 Å². The van der Waals surface area contributed by atoms with Crippen molar-refractivity contribution in [2.24, 2.45) is 0 Å². The van der Waals surface area contributed by atoms with Gasteiger partial charge in [-0.25, -0.2) is 9.78 Å². The average molecular weight is 311 g/mol. The van der Waals surface area contributed by atoms with E-state index in [0.29, 0.717) is 33.8 Å². The zero-order valence-electron chi connectivity index (χ0n) is 9.94. The van der Waals surface area contributed by atoms with Gasteiger partial charge in [0.05, 0.1) is 6.61 Å². The van der Waals surface area contributed by atoms with Crippen LogP contribution in [0.4, 0.5) is 0 Å². The molecule has 0 aromatic carbocycles. The number of ether oxygens (including phenoxy) is 1. The molecular formula is C12H11BrN2O3. The molecule has 2 aromatic heterocycles. The Morgan fingerprint density at radius 3 is 2.89 bits per heavy atom. The average Bonchev–Trinajstić information content (AvgIpc) is 2.72. The normalized spacial score (nSPS) is 10.4. The molecule has 0 aliphatic carbocycles. The molecule has 0 amide bonds. The van der Waals surface area contributed by atoms with Gasteiger partial charge in [-0.2, -0.15) is 0 Å². The third-order valence-electron chi connectivity index (χ3n) is 2.34. The lowest BCUT2D eigenvalue weighted by atomic mass is 10.1. The molecule has 2 aromatic rings. The summed E-state index contributed by atoms with van der Waals surface area (Å²) in [6, 6.07) is 3.57. The lowest BCUT2D eigenvalue weighted by Gasteiger charge is -2.02. The van der Waals surface area contributed by atoms with Crippen molar-refractivity contribution in [3.63, 3.8) is 0 Å². The highest BCUT2D eigenvalue weighted by molar-refractivity contribution is 9.10. The van der Waals surface area contributed by atoms with Crippen molar-refractivity contribution in [1.82, 2.24) is 10.1 Å². The molecule has 2 rings (SSSR count). The number of halogens is 1. The predicted molar refractivity (Wildman–Crippen MR) is 68.1 cm³/mol. The molecule has 0 aliphatic heterocycles. The van der Waals surface area contributed by atoms with Gasteiger partial charge in [0, 0.05) is 11.8 Å². The third kappa shape index (κ3) is 2.43. The lowest BCUT2D eigenvalue weighted by molar-refractivity contribution is 0.0525. The fraction of sp³-hybridized carbons (Fsp3) is 0.250. The van der Waals surface area contributed by atoms with E-state index in [9.17, 15) is 4.79 Å². The molecule has 94 valence electrons. The lowest BCUT2D eigenvalue weighted by Crippen LogP contribution is -2.06. The highest BCUT2D eigenvalue weighted by Crippen LogP contribution is 2.26. The molecule has 0 unspecified atom stereocenters. The van der Waals surface area contributed by atoms with Crippen LogP contribution in [0, 0.1) is 6.92 Å². The van der Waals surface area contributed by atoms with Gasteiger partial charge in [-0.15, -0.1) is 0 Å². The molecule has 0 radical (unpaired) electrons. The van der Waals surface area contributed by atoms with E-state index in [1.54, 1.807) is 32.2 Å². The van der Waals surface area contributed by atoms with Crippen molar-refractivity contribution in [2.75, 3.05) is 6.61 Å². The Hall–Kier alpha value is -1.69. The second kappa shape index (κ2) is 5.30. The van der Waals surface area contributed by atoms with E-state index >= 15 is 0 Å². The van der Waals surface area contributed by atoms with Crippen LogP contribution in [0.1, 0.15) is 23.0 Å². The number of esters is 1. The molecule has 6 heteroatoms. The standard InChI is InChI=1S/C12H11BrN2O3/c1-3-17-12(16)10-7(2)18-15-11(10)8-4-5-9(13)14-6-8/h4-6H,3H2,1-2H3. The number of hydrogen-bond acceptors (Lipinski definition) is 5. The molecule has 0 fully saturated rings. The number of carbonyl (C=O) groups is 1. The molecular weight excluding hydrogens is 300 g/mol. The van der Waals surface area contributed by atoms with E-state index in [2.05, 4.69) is 26.1 Å². The number of pyridine rings is 1. The summed E-state index contributed by atoms with van der Waals surface area (Å²) in [4.78, 5) is 15.9. The molecule has 0 bridgehead atoms. The van der Waals surface area contributed by atoms with Crippen LogP contribution in [0.25, 0.3) is 11.3 Å². The van der Waals surface area contributed by atoms with Crippen molar-refractivity contribution in [3.8, 4) is 11.3 Å². The van der Waals surface area contributed by atoms with Crippen LogP contribution in [-0.2, 0) is 4.74 Å². The Labute approximate surface area is 112 Å². The first-order valence-electron chi connectivity index (χ1n) is 5.38. The van der Waals surface area contributed by atoms with Crippen molar-refractivity contribution in [3.05, 3.63) is 34.3 Å². The van der Waals surface area contributed by atoms with Gasteiger partial charge in [0.2, 0.25) is 0 Å². The van der Waals surface area contributed by atoms with Crippen LogP contribution in [0.5, 0.6) is 0 Å². The number of aromatic nitrogens is 2. The first kappa shape index (κ1) is 12.8. The van der Waals surface area contributed by atoms with Crippen LogP contribution in [0.2, 0.25) is 0 Å². The van der Waals surface area contributed by atoms with Gasteiger partial charge >= 0.3 is 5.97 Å². The highest BCUT2D eigenvalue weighted by Gasteiger charge is 2.22. The van der Waals surface area contributed by atoms with Gasteiger partial charge < -0.3 is 9.26 Å². The zero-order chi connectivity index (χ0) is 13.1. The molecule has 0 atom stereocenters. The van der Waals surface area contributed by atoms with Gasteiger partial charge in [0.1, 0.15) is 21.6 Å². The summed E-state index contributed by atoms with van der Waals surface area (Å²) in [7, 11) is 0. The molecule has 0 saturated heterocycles. The maximum Gasteiger partial charge on any atom is 0.344 e. The fourth-order valence-corrected chi connectivity index (χ4v) is 1.76. The topological polar surface area (TPSA) is 65.2 Å². The molecule has 2 heterocycles. The van der Waals surface area contributed by atoms with Crippen molar-refractivity contribution < 1.29 is 14.1 Å². The zero-order valence-corrected chi connectivity index (χ0v) is 11.5. The van der Waals surface area contributed by atoms with Crippen LogP contribution in [-0.4, -0.2) is 22.7 Å². The van der Waals surface area contributed by atoms with Crippen LogP contribution >= 0.6 is 15.9 Å².